The summed E-state index contributed by atoms with van der Waals surface area (Å²) in [4.78, 5) is 10.8. The SMILES string of the molecule is CCC(/C=C(\CC)NCCCOC)=C(\C#N)C=O. The van der Waals surface area contributed by atoms with Crippen molar-refractivity contribution < 1.29 is 9.53 Å². The number of nitriles is 1. The van der Waals surface area contributed by atoms with E-state index in [-0.39, 0.29) is 5.57 Å². The molecule has 0 spiro atoms. The minimum atomic E-state index is 0.210. The van der Waals surface area contributed by atoms with Gasteiger partial charge in [0.05, 0.1) is 5.57 Å². The van der Waals surface area contributed by atoms with E-state index in [0.29, 0.717) is 12.7 Å². The second kappa shape index (κ2) is 10.5. The van der Waals surface area contributed by atoms with Crippen LogP contribution in [0.4, 0.5) is 0 Å². The topological polar surface area (TPSA) is 62.1 Å². The third kappa shape index (κ3) is 6.21. The highest BCUT2D eigenvalue weighted by atomic mass is 16.5. The quantitative estimate of drug-likeness (QED) is 0.224. The number of allylic oxidation sites excluding steroid dienone is 4. The fraction of sp³-hybridized carbons (Fsp3) is 0.571. The average molecular weight is 250 g/mol. The van der Waals surface area contributed by atoms with Crippen LogP contribution >= 0.6 is 0 Å². The van der Waals surface area contributed by atoms with Crippen LogP contribution in [-0.4, -0.2) is 26.5 Å². The molecule has 0 aliphatic carbocycles. The Morgan fingerprint density at radius 1 is 1.39 bits per heavy atom. The Hall–Kier alpha value is -1.60. The van der Waals surface area contributed by atoms with Gasteiger partial charge in [0, 0.05) is 26.0 Å². The molecule has 0 aromatic carbocycles. The fourth-order valence-corrected chi connectivity index (χ4v) is 1.50. The summed E-state index contributed by atoms with van der Waals surface area (Å²) < 4.78 is 4.97. The van der Waals surface area contributed by atoms with Crippen molar-refractivity contribution in [2.75, 3.05) is 20.3 Å². The Morgan fingerprint density at radius 2 is 2.11 bits per heavy atom. The standard InChI is InChI=1S/C14H22N2O2/c1-4-12(13(10-15)11-17)9-14(5-2)16-7-6-8-18-3/h9,11,16H,4-8H2,1-3H3/b13-12-,14-9+. The summed E-state index contributed by atoms with van der Waals surface area (Å²) in [5.41, 5.74) is 2.03. The van der Waals surface area contributed by atoms with Crippen LogP contribution in [0.5, 0.6) is 0 Å². The summed E-state index contributed by atoms with van der Waals surface area (Å²) in [7, 11) is 1.68. The molecule has 0 atom stereocenters. The van der Waals surface area contributed by atoms with Crippen molar-refractivity contribution >= 4 is 6.29 Å². The highest BCUT2D eigenvalue weighted by molar-refractivity contribution is 5.81. The lowest BCUT2D eigenvalue weighted by Gasteiger charge is -2.10. The van der Waals surface area contributed by atoms with Gasteiger partial charge in [0.1, 0.15) is 6.07 Å². The first kappa shape index (κ1) is 16.4. The molecule has 0 aliphatic rings. The molecule has 0 heterocycles. The van der Waals surface area contributed by atoms with E-state index in [1.807, 2.05) is 26.0 Å². The lowest BCUT2D eigenvalue weighted by Crippen LogP contribution is -2.16. The maximum absolute atomic E-state index is 10.8. The lowest BCUT2D eigenvalue weighted by molar-refractivity contribution is -0.104. The maximum Gasteiger partial charge on any atom is 0.160 e. The van der Waals surface area contributed by atoms with E-state index in [2.05, 4.69) is 5.32 Å². The van der Waals surface area contributed by atoms with E-state index in [4.69, 9.17) is 10.00 Å². The van der Waals surface area contributed by atoms with Crippen molar-refractivity contribution in [2.45, 2.75) is 33.1 Å². The summed E-state index contributed by atoms with van der Waals surface area (Å²) in [6, 6.07) is 1.93. The van der Waals surface area contributed by atoms with Crippen LogP contribution in [0.15, 0.2) is 22.9 Å². The van der Waals surface area contributed by atoms with E-state index in [0.717, 1.165) is 37.3 Å². The van der Waals surface area contributed by atoms with E-state index in [9.17, 15) is 4.79 Å². The zero-order valence-electron chi connectivity index (χ0n) is 11.5. The van der Waals surface area contributed by atoms with Gasteiger partial charge in [0.25, 0.3) is 0 Å². The number of rotatable bonds is 9. The summed E-state index contributed by atoms with van der Waals surface area (Å²) >= 11 is 0. The number of hydrogen-bond donors (Lipinski definition) is 1. The number of nitrogens with one attached hydrogen (secondary N) is 1. The Morgan fingerprint density at radius 3 is 2.56 bits per heavy atom. The second-order valence-electron chi connectivity index (χ2n) is 3.82. The first-order valence-corrected chi connectivity index (χ1v) is 6.25. The van der Waals surface area contributed by atoms with Crippen LogP contribution in [0, 0.1) is 11.3 Å². The van der Waals surface area contributed by atoms with E-state index >= 15 is 0 Å². The molecule has 0 aliphatic heterocycles. The van der Waals surface area contributed by atoms with Crippen LogP contribution in [0.25, 0.3) is 0 Å². The molecule has 0 aromatic rings. The van der Waals surface area contributed by atoms with Crippen LogP contribution in [0.3, 0.4) is 0 Å². The molecule has 0 amide bonds. The zero-order valence-corrected chi connectivity index (χ0v) is 11.5. The molecule has 0 saturated heterocycles. The molecule has 0 radical (unpaired) electrons. The summed E-state index contributed by atoms with van der Waals surface area (Å²) in [6.45, 7) is 5.52. The summed E-state index contributed by atoms with van der Waals surface area (Å²) in [5.74, 6) is 0. The van der Waals surface area contributed by atoms with Crippen LogP contribution in [0.1, 0.15) is 33.1 Å². The molecule has 0 saturated carbocycles. The van der Waals surface area contributed by atoms with Gasteiger partial charge in [0.15, 0.2) is 6.29 Å². The number of ether oxygens (including phenoxy) is 1. The number of aldehydes is 1. The van der Waals surface area contributed by atoms with Crippen molar-refractivity contribution in [3.05, 3.63) is 22.9 Å². The predicted molar refractivity (Wildman–Crippen MR) is 71.9 cm³/mol. The van der Waals surface area contributed by atoms with E-state index in [1.165, 1.54) is 0 Å². The van der Waals surface area contributed by atoms with Gasteiger partial charge in [-0.1, -0.05) is 13.8 Å². The normalized spacial score (nSPS) is 12.7. The number of carbonyl (C=O) groups is 1. The Labute approximate surface area is 109 Å². The molecular weight excluding hydrogens is 228 g/mol. The number of carbonyl (C=O) groups excluding carboxylic acids is 1. The van der Waals surface area contributed by atoms with Crippen molar-refractivity contribution in [3.8, 4) is 6.07 Å². The monoisotopic (exact) mass is 250 g/mol. The van der Waals surface area contributed by atoms with Gasteiger partial charge in [-0.3, -0.25) is 4.79 Å². The molecule has 4 heteroatoms. The van der Waals surface area contributed by atoms with Gasteiger partial charge in [-0.2, -0.15) is 5.26 Å². The molecule has 0 bridgehead atoms. The number of hydrogen-bond acceptors (Lipinski definition) is 4. The van der Waals surface area contributed by atoms with Crippen molar-refractivity contribution in [1.82, 2.24) is 5.32 Å². The average Bonchev–Trinajstić information content (AvgIpc) is 2.41. The van der Waals surface area contributed by atoms with Crippen molar-refractivity contribution in [1.29, 1.82) is 5.26 Å². The minimum Gasteiger partial charge on any atom is -0.388 e. The van der Waals surface area contributed by atoms with Gasteiger partial charge < -0.3 is 10.1 Å². The van der Waals surface area contributed by atoms with Crippen LogP contribution < -0.4 is 5.32 Å². The molecule has 0 rings (SSSR count). The van der Waals surface area contributed by atoms with Gasteiger partial charge in [0.2, 0.25) is 0 Å². The first-order chi connectivity index (χ1) is 8.73. The minimum absolute atomic E-state index is 0.210. The fourth-order valence-electron chi connectivity index (χ4n) is 1.50. The maximum atomic E-state index is 10.8. The number of nitrogens with zero attached hydrogens (tertiary/aromatic N) is 1. The van der Waals surface area contributed by atoms with E-state index < -0.39 is 0 Å². The van der Waals surface area contributed by atoms with Crippen LogP contribution in [-0.2, 0) is 9.53 Å². The van der Waals surface area contributed by atoms with Gasteiger partial charge in [-0.05, 0) is 30.9 Å². The molecular formula is C14H22N2O2. The molecule has 0 aromatic heterocycles. The number of methoxy groups -OCH3 is 1. The smallest absolute Gasteiger partial charge is 0.160 e. The third-order valence-corrected chi connectivity index (χ3v) is 2.57. The third-order valence-electron chi connectivity index (χ3n) is 2.57. The van der Waals surface area contributed by atoms with Gasteiger partial charge in [-0.15, -0.1) is 0 Å². The highest BCUT2D eigenvalue weighted by Gasteiger charge is 2.03. The molecule has 100 valence electrons. The Bertz CT molecular complexity index is 351. The van der Waals surface area contributed by atoms with E-state index in [1.54, 1.807) is 7.11 Å². The summed E-state index contributed by atoms with van der Waals surface area (Å²) in [5, 5.41) is 12.1. The first-order valence-electron chi connectivity index (χ1n) is 6.25. The lowest BCUT2D eigenvalue weighted by atomic mass is 10.1. The largest absolute Gasteiger partial charge is 0.388 e. The van der Waals surface area contributed by atoms with Crippen molar-refractivity contribution in [2.24, 2.45) is 0 Å². The highest BCUT2D eigenvalue weighted by Crippen LogP contribution is 2.11. The van der Waals surface area contributed by atoms with Gasteiger partial charge in [-0.25, -0.2) is 0 Å². The summed E-state index contributed by atoms with van der Waals surface area (Å²) in [6.07, 6.45) is 4.96. The molecule has 0 unspecified atom stereocenters. The zero-order chi connectivity index (χ0) is 13.8. The Balaban J connectivity index is 4.70. The van der Waals surface area contributed by atoms with Crippen LogP contribution in [0.2, 0.25) is 0 Å². The predicted octanol–water partition coefficient (Wildman–Crippen LogP) is 2.34. The molecule has 4 nitrogen and oxygen atoms in total. The molecule has 18 heavy (non-hydrogen) atoms. The Kier molecular flexibility index (Phi) is 9.61. The molecule has 1 N–H and O–H groups in total. The van der Waals surface area contributed by atoms with Gasteiger partial charge >= 0.3 is 0 Å². The second-order valence-corrected chi connectivity index (χ2v) is 3.82. The van der Waals surface area contributed by atoms with Crippen molar-refractivity contribution in [3.63, 3.8) is 0 Å². The molecule has 0 fully saturated rings.